The molecule has 2 rings (SSSR count). The Labute approximate surface area is 179 Å². The summed E-state index contributed by atoms with van der Waals surface area (Å²) >= 11 is 0. The molecule has 0 aliphatic rings. The summed E-state index contributed by atoms with van der Waals surface area (Å²) in [6, 6.07) is 15.5. The second-order valence-corrected chi connectivity index (χ2v) is 7.23. The number of hydrogen-bond acceptors (Lipinski definition) is 2. The third kappa shape index (κ3) is 7.39. The number of benzene rings is 2. The third-order valence-corrected chi connectivity index (χ3v) is 4.94. The molecule has 0 fully saturated rings. The molecule has 0 heterocycles. The standard InChI is InChI=1S/C25H32N2O3/c1-3-5-6-7-8-18-26-25(30)27(4-2)23-11-9-10-22(19-23)21-15-12-20(13-16-21)14-17-24(28)29/h9-17,19H,3-8,18H2,1-2H3,(H,26,30)(H,28,29)/b17-14+. The topological polar surface area (TPSA) is 69.6 Å². The van der Waals surface area contributed by atoms with Crippen molar-refractivity contribution in [3.05, 3.63) is 60.2 Å². The van der Waals surface area contributed by atoms with Gasteiger partial charge in [-0.2, -0.15) is 0 Å². The normalized spacial score (nSPS) is 10.9. The van der Waals surface area contributed by atoms with Crippen LogP contribution in [0.3, 0.4) is 0 Å². The lowest BCUT2D eigenvalue weighted by molar-refractivity contribution is -0.131. The first-order valence-electron chi connectivity index (χ1n) is 10.7. The Bertz CT molecular complexity index is 844. The van der Waals surface area contributed by atoms with Crippen LogP contribution in [0.4, 0.5) is 10.5 Å². The quantitative estimate of drug-likeness (QED) is 0.356. The highest BCUT2D eigenvalue weighted by Gasteiger charge is 2.14. The molecular weight excluding hydrogens is 376 g/mol. The van der Waals surface area contributed by atoms with Gasteiger partial charge in [0.15, 0.2) is 0 Å². The third-order valence-electron chi connectivity index (χ3n) is 4.94. The number of aliphatic carboxylic acids is 1. The van der Waals surface area contributed by atoms with Crippen molar-refractivity contribution in [2.24, 2.45) is 0 Å². The number of nitrogens with zero attached hydrogens (tertiary/aromatic N) is 1. The Morgan fingerprint density at radius 3 is 2.37 bits per heavy atom. The van der Waals surface area contributed by atoms with Gasteiger partial charge in [0.1, 0.15) is 0 Å². The number of rotatable bonds is 11. The Balaban J connectivity index is 2.03. The van der Waals surface area contributed by atoms with Gasteiger partial charge < -0.3 is 10.4 Å². The van der Waals surface area contributed by atoms with Crippen molar-refractivity contribution < 1.29 is 14.7 Å². The number of amides is 2. The molecule has 0 aliphatic carbocycles. The summed E-state index contributed by atoms with van der Waals surface area (Å²) in [5.41, 5.74) is 3.70. The van der Waals surface area contributed by atoms with Crippen molar-refractivity contribution in [3.8, 4) is 11.1 Å². The number of carbonyl (C=O) groups is 2. The number of anilines is 1. The average molecular weight is 409 g/mol. The zero-order valence-corrected chi connectivity index (χ0v) is 17.9. The van der Waals surface area contributed by atoms with Gasteiger partial charge in [0, 0.05) is 24.9 Å². The van der Waals surface area contributed by atoms with Gasteiger partial charge in [-0.25, -0.2) is 9.59 Å². The van der Waals surface area contributed by atoms with Gasteiger partial charge in [-0.15, -0.1) is 0 Å². The van der Waals surface area contributed by atoms with E-state index in [2.05, 4.69) is 12.2 Å². The minimum absolute atomic E-state index is 0.0701. The first-order valence-corrected chi connectivity index (χ1v) is 10.7. The molecule has 0 bridgehead atoms. The molecule has 2 aromatic rings. The van der Waals surface area contributed by atoms with Gasteiger partial charge in [-0.05, 0) is 48.2 Å². The molecule has 5 heteroatoms. The molecule has 2 amide bonds. The lowest BCUT2D eigenvalue weighted by Crippen LogP contribution is -2.40. The summed E-state index contributed by atoms with van der Waals surface area (Å²) in [5, 5.41) is 11.8. The van der Waals surface area contributed by atoms with Gasteiger partial charge in [0.2, 0.25) is 0 Å². The maximum absolute atomic E-state index is 12.6. The summed E-state index contributed by atoms with van der Waals surface area (Å²) in [7, 11) is 0. The van der Waals surface area contributed by atoms with Gasteiger partial charge in [0.05, 0.1) is 0 Å². The Hall–Kier alpha value is -3.08. The summed E-state index contributed by atoms with van der Waals surface area (Å²) in [4.78, 5) is 25.0. The highest BCUT2D eigenvalue weighted by Crippen LogP contribution is 2.25. The first-order chi connectivity index (χ1) is 14.5. The lowest BCUT2D eigenvalue weighted by Gasteiger charge is -2.22. The van der Waals surface area contributed by atoms with Crippen LogP contribution in [0.5, 0.6) is 0 Å². The van der Waals surface area contributed by atoms with Gasteiger partial charge in [0.25, 0.3) is 0 Å². The molecule has 5 nitrogen and oxygen atoms in total. The Morgan fingerprint density at radius 1 is 0.967 bits per heavy atom. The van der Waals surface area contributed by atoms with Crippen molar-refractivity contribution in [1.82, 2.24) is 5.32 Å². The number of urea groups is 1. The smallest absolute Gasteiger partial charge is 0.328 e. The van der Waals surface area contributed by atoms with Crippen LogP contribution in [-0.4, -0.2) is 30.2 Å². The second-order valence-electron chi connectivity index (χ2n) is 7.23. The van der Waals surface area contributed by atoms with Crippen LogP contribution >= 0.6 is 0 Å². The van der Waals surface area contributed by atoms with Crippen molar-refractivity contribution in [3.63, 3.8) is 0 Å². The number of hydrogen-bond donors (Lipinski definition) is 2. The van der Waals surface area contributed by atoms with Crippen LogP contribution in [0.2, 0.25) is 0 Å². The van der Waals surface area contributed by atoms with E-state index < -0.39 is 5.97 Å². The minimum Gasteiger partial charge on any atom is -0.478 e. The largest absolute Gasteiger partial charge is 0.478 e. The first kappa shape index (κ1) is 23.2. The fraction of sp³-hybridized carbons (Fsp3) is 0.360. The van der Waals surface area contributed by atoms with E-state index >= 15 is 0 Å². The predicted octanol–water partition coefficient (Wildman–Crippen LogP) is 5.96. The molecule has 0 saturated heterocycles. The maximum Gasteiger partial charge on any atom is 0.328 e. The fourth-order valence-electron chi connectivity index (χ4n) is 3.27. The monoisotopic (exact) mass is 408 g/mol. The van der Waals surface area contributed by atoms with E-state index in [1.54, 1.807) is 11.0 Å². The van der Waals surface area contributed by atoms with Crippen LogP contribution in [0, 0.1) is 0 Å². The number of carbonyl (C=O) groups excluding carboxylic acids is 1. The van der Waals surface area contributed by atoms with Crippen molar-refractivity contribution in [1.29, 1.82) is 0 Å². The molecule has 0 atom stereocenters. The van der Waals surface area contributed by atoms with Crippen molar-refractivity contribution >= 4 is 23.8 Å². The van der Waals surface area contributed by atoms with Crippen molar-refractivity contribution in [2.45, 2.75) is 46.0 Å². The number of carboxylic acids is 1. The van der Waals surface area contributed by atoms with Crippen LogP contribution in [0.25, 0.3) is 17.2 Å². The summed E-state index contributed by atoms with van der Waals surface area (Å²) in [6.07, 6.45) is 8.52. The van der Waals surface area contributed by atoms with E-state index in [0.717, 1.165) is 41.3 Å². The van der Waals surface area contributed by atoms with Crippen LogP contribution < -0.4 is 10.2 Å². The molecule has 0 saturated carbocycles. The highest BCUT2D eigenvalue weighted by molar-refractivity contribution is 5.92. The Kier molecular flexibility index (Phi) is 9.65. The van der Waals surface area contributed by atoms with Crippen LogP contribution in [0.1, 0.15) is 51.5 Å². The molecule has 0 aromatic heterocycles. The maximum atomic E-state index is 12.6. The molecule has 30 heavy (non-hydrogen) atoms. The SMILES string of the molecule is CCCCCCCNC(=O)N(CC)c1cccc(-c2ccc(/C=C/C(=O)O)cc2)c1. The van der Waals surface area contributed by atoms with Gasteiger partial charge >= 0.3 is 12.0 Å². The molecular formula is C25H32N2O3. The summed E-state index contributed by atoms with van der Waals surface area (Å²) in [6.45, 7) is 5.45. The molecule has 0 radical (unpaired) electrons. The average Bonchev–Trinajstić information content (AvgIpc) is 2.76. The molecule has 2 aromatic carbocycles. The predicted molar refractivity (Wildman–Crippen MR) is 124 cm³/mol. The number of nitrogens with one attached hydrogen (secondary N) is 1. The van der Waals surface area contributed by atoms with Gasteiger partial charge in [-0.1, -0.05) is 69.0 Å². The van der Waals surface area contributed by atoms with Crippen LogP contribution in [-0.2, 0) is 4.79 Å². The zero-order chi connectivity index (χ0) is 21.8. The fourth-order valence-corrected chi connectivity index (χ4v) is 3.27. The summed E-state index contributed by atoms with van der Waals surface area (Å²) in [5.74, 6) is -0.967. The molecule has 0 spiro atoms. The van der Waals surface area contributed by atoms with E-state index in [-0.39, 0.29) is 6.03 Å². The zero-order valence-electron chi connectivity index (χ0n) is 17.9. The number of unbranched alkanes of at least 4 members (excludes halogenated alkanes) is 4. The molecule has 160 valence electrons. The van der Waals surface area contributed by atoms with Crippen LogP contribution in [0.15, 0.2) is 54.6 Å². The van der Waals surface area contributed by atoms with E-state index in [1.807, 2.05) is 55.5 Å². The van der Waals surface area contributed by atoms with E-state index in [0.29, 0.717) is 13.1 Å². The van der Waals surface area contributed by atoms with E-state index in [4.69, 9.17) is 5.11 Å². The highest BCUT2D eigenvalue weighted by atomic mass is 16.4. The van der Waals surface area contributed by atoms with Crippen molar-refractivity contribution in [2.75, 3.05) is 18.0 Å². The van der Waals surface area contributed by atoms with E-state index in [9.17, 15) is 9.59 Å². The lowest BCUT2D eigenvalue weighted by atomic mass is 10.0. The number of carboxylic acid groups (broad SMARTS) is 1. The minimum atomic E-state index is -0.967. The van der Waals surface area contributed by atoms with E-state index in [1.165, 1.54) is 19.3 Å². The summed E-state index contributed by atoms with van der Waals surface area (Å²) < 4.78 is 0. The second kappa shape index (κ2) is 12.5. The molecule has 0 aliphatic heterocycles. The molecule has 0 unspecified atom stereocenters. The molecule has 2 N–H and O–H groups in total. The Morgan fingerprint density at radius 2 is 1.70 bits per heavy atom. The van der Waals surface area contributed by atoms with Gasteiger partial charge in [-0.3, -0.25) is 4.90 Å².